The highest BCUT2D eigenvalue weighted by Crippen LogP contribution is 1.96. The highest BCUT2D eigenvalue weighted by atomic mass is 127. The quantitative estimate of drug-likeness (QED) is 0.538. The molecule has 0 fully saturated rings. The molecule has 0 aliphatic heterocycles. The van der Waals surface area contributed by atoms with Crippen LogP contribution in [0.1, 0.15) is 0 Å². The Morgan fingerprint density at radius 2 is 2.57 bits per heavy atom. The van der Waals surface area contributed by atoms with Crippen molar-refractivity contribution in [2.75, 3.05) is 0 Å². The second-order valence-corrected chi connectivity index (χ2v) is 2.16. The van der Waals surface area contributed by atoms with E-state index < -0.39 is 0 Å². The Morgan fingerprint density at radius 1 is 1.86 bits per heavy atom. The predicted octanol–water partition coefficient (Wildman–Crippen LogP) is 1.34. The Bertz CT molecular complexity index is 203. The van der Waals surface area contributed by atoms with Gasteiger partial charge in [0.05, 0.1) is 0 Å². The van der Waals surface area contributed by atoms with Crippen LogP contribution in [0.4, 0.5) is 0 Å². The molecule has 0 radical (unpaired) electrons. The van der Waals surface area contributed by atoms with Crippen LogP contribution in [0.25, 0.3) is 0 Å². The number of nitrogens with zero attached hydrogens (tertiary/aromatic N) is 1. The number of aromatic nitrogens is 2. The Balaban J connectivity index is 3.30. The fourth-order valence-corrected chi connectivity index (χ4v) is 0.827. The number of hydrogen-bond donors (Lipinski definition) is 1. The molecule has 0 unspecified atom stereocenters. The minimum absolute atomic E-state index is 0.324. The lowest BCUT2D eigenvalue weighted by molar-refractivity contribution is 0.507. The maximum atomic E-state index is 4.72. The van der Waals surface area contributed by atoms with Crippen molar-refractivity contribution in [2.24, 2.45) is 0 Å². The number of rotatable bonds is 0. The van der Waals surface area contributed by atoms with Crippen molar-refractivity contribution in [3.63, 3.8) is 0 Å². The van der Waals surface area contributed by atoms with Gasteiger partial charge < -0.3 is 4.42 Å². The predicted molar refractivity (Wildman–Crippen MR) is 34.4 cm³/mol. The fourth-order valence-electron chi connectivity index (χ4n) is 0.212. The van der Waals surface area contributed by atoms with Gasteiger partial charge in [0.1, 0.15) is 0 Å². The molecule has 0 atom stereocenters. The van der Waals surface area contributed by atoms with E-state index in [0.29, 0.717) is 8.73 Å². The molecule has 0 saturated heterocycles. The minimum Gasteiger partial charge on any atom is -0.405 e. The molecule has 0 aliphatic carbocycles. The van der Waals surface area contributed by atoms with Crippen LogP contribution in [0.2, 0.25) is 0 Å². The van der Waals surface area contributed by atoms with Crippen molar-refractivity contribution in [3.8, 4) is 0 Å². The maximum Gasteiger partial charge on any atom is 0.284 e. The summed E-state index contributed by atoms with van der Waals surface area (Å²) in [4.78, 5) is 0.324. The molecule has 7 heavy (non-hydrogen) atoms. The van der Waals surface area contributed by atoms with Crippen molar-refractivity contribution in [3.05, 3.63) is 8.73 Å². The van der Waals surface area contributed by atoms with Gasteiger partial charge in [-0.15, -0.1) is 5.10 Å². The molecule has 1 heterocycles. The van der Waals surface area contributed by atoms with Gasteiger partial charge in [0.25, 0.3) is 8.73 Å². The molecule has 0 saturated carbocycles. The maximum absolute atomic E-state index is 4.72. The third kappa shape index (κ3) is 1.23. The van der Waals surface area contributed by atoms with Crippen molar-refractivity contribution in [1.29, 1.82) is 0 Å². The zero-order valence-electron chi connectivity index (χ0n) is 3.14. The van der Waals surface area contributed by atoms with Gasteiger partial charge >= 0.3 is 0 Å². The zero-order valence-corrected chi connectivity index (χ0v) is 6.12. The van der Waals surface area contributed by atoms with Crippen LogP contribution in [0.15, 0.2) is 4.42 Å². The van der Waals surface area contributed by atoms with Gasteiger partial charge in [-0.1, -0.05) is 0 Å². The van der Waals surface area contributed by atoms with Crippen LogP contribution < -0.4 is 0 Å². The molecule has 1 N–H and O–H groups in total. The average molecular weight is 228 g/mol. The van der Waals surface area contributed by atoms with Gasteiger partial charge in [-0.05, 0) is 12.2 Å². The smallest absolute Gasteiger partial charge is 0.284 e. The van der Waals surface area contributed by atoms with Gasteiger partial charge in [0, 0.05) is 22.6 Å². The van der Waals surface area contributed by atoms with E-state index in [9.17, 15) is 0 Å². The normalized spacial score (nSPS) is 9.29. The summed E-state index contributed by atoms with van der Waals surface area (Å²) in [7, 11) is 0. The molecule has 0 aromatic carbocycles. The van der Waals surface area contributed by atoms with E-state index in [1.807, 2.05) is 22.6 Å². The number of aromatic amines is 1. The third-order valence-electron chi connectivity index (χ3n) is 0.412. The Labute approximate surface area is 58.3 Å². The number of nitrogens with one attached hydrogen (secondary N) is 1. The molecule has 0 spiro atoms. The summed E-state index contributed by atoms with van der Waals surface area (Å²) in [6.07, 6.45) is 0. The second-order valence-electron chi connectivity index (χ2n) is 0.866. The topological polar surface area (TPSA) is 41.8 Å². The molecule has 38 valence electrons. The summed E-state index contributed by atoms with van der Waals surface area (Å²) < 4.78 is 5.26. The van der Waals surface area contributed by atoms with Crippen molar-refractivity contribution >= 4 is 34.8 Å². The SMILES string of the molecule is S=c1[nH]nc(I)o1. The van der Waals surface area contributed by atoms with Crippen molar-refractivity contribution in [1.82, 2.24) is 10.2 Å². The summed E-state index contributed by atoms with van der Waals surface area (Å²) >= 11 is 6.47. The van der Waals surface area contributed by atoms with Gasteiger partial charge in [0.2, 0.25) is 0 Å². The number of hydrogen-bond acceptors (Lipinski definition) is 3. The summed E-state index contributed by atoms with van der Waals surface area (Å²) in [5.41, 5.74) is 0. The molecule has 0 amide bonds. The molecule has 1 aromatic rings. The van der Waals surface area contributed by atoms with Crippen LogP contribution in [-0.2, 0) is 0 Å². The lowest BCUT2D eigenvalue weighted by Gasteiger charge is -1.62. The number of H-pyrrole nitrogens is 1. The van der Waals surface area contributed by atoms with E-state index >= 15 is 0 Å². The van der Waals surface area contributed by atoms with E-state index in [4.69, 9.17) is 4.42 Å². The fraction of sp³-hybridized carbons (Fsp3) is 0. The molecular weight excluding hydrogens is 227 g/mol. The summed E-state index contributed by atoms with van der Waals surface area (Å²) in [5, 5.41) is 6.07. The monoisotopic (exact) mass is 228 g/mol. The molecule has 0 aliphatic rings. The van der Waals surface area contributed by atoms with Crippen LogP contribution in [0.3, 0.4) is 0 Å². The first-order valence-electron chi connectivity index (χ1n) is 1.50. The first-order valence-corrected chi connectivity index (χ1v) is 2.99. The van der Waals surface area contributed by atoms with Gasteiger partial charge in [-0.3, -0.25) is 0 Å². The molecule has 5 heteroatoms. The molecule has 1 aromatic heterocycles. The van der Waals surface area contributed by atoms with E-state index in [0.717, 1.165) is 0 Å². The van der Waals surface area contributed by atoms with E-state index in [1.54, 1.807) is 0 Å². The van der Waals surface area contributed by atoms with Gasteiger partial charge in [-0.25, -0.2) is 5.10 Å². The lowest BCUT2D eigenvalue weighted by Crippen LogP contribution is -1.64. The first kappa shape index (κ1) is 5.23. The van der Waals surface area contributed by atoms with Gasteiger partial charge in [0.15, 0.2) is 0 Å². The Kier molecular flexibility index (Phi) is 1.43. The van der Waals surface area contributed by atoms with Gasteiger partial charge in [-0.2, -0.15) is 0 Å². The first-order chi connectivity index (χ1) is 3.29. The average Bonchev–Trinajstić information content (AvgIpc) is 1.87. The standard InChI is InChI=1S/C2HIN2OS/c3-1-4-5-2(7)6-1/h(H,5,7). The zero-order chi connectivity index (χ0) is 5.28. The highest BCUT2D eigenvalue weighted by molar-refractivity contribution is 14.1. The van der Waals surface area contributed by atoms with Crippen LogP contribution in [-0.4, -0.2) is 10.2 Å². The lowest BCUT2D eigenvalue weighted by atomic mass is 11.5. The largest absolute Gasteiger partial charge is 0.405 e. The molecular formula is C2HIN2OS. The van der Waals surface area contributed by atoms with E-state index in [2.05, 4.69) is 22.4 Å². The summed E-state index contributed by atoms with van der Waals surface area (Å²) in [6.45, 7) is 0. The van der Waals surface area contributed by atoms with E-state index in [-0.39, 0.29) is 0 Å². The summed E-state index contributed by atoms with van der Waals surface area (Å²) in [6, 6.07) is 0. The Morgan fingerprint density at radius 3 is 2.71 bits per heavy atom. The molecule has 3 nitrogen and oxygen atoms in total. The van der Waals surface area contributed by atoms with Crippen molar-refractivity contribution in [2.45, 2.75) is 0 Å². The minimum atomic E-state index is 0.324. The van der Waals surface area contributed by atoms with E-state index in [1.165, 1.54) is 0 Å². The number of halogens is 1. The second kappa shape index (κ2) is 1.91. The Hall–Kier alpha value is 0.0900. The van der Waals surface area contributed by atoms with Crippen LogP contribution >= 0.6 is 34.8 Å². The van der Waals surface area contributed by atoms with Crippen molar-refractivity contribution < 1.29 is 4.42 Å². The van der Waals surface area contributed by atoms with Crippen LogP contribution in [0, 0.1) is 8.73 Å². The highest BCUT2D eigenvalue weighted by Gasteiger charge is 1.85. The third-order valence-corrected chi connectivity index (χ3v) is 1.05. The molecule has 0 bridgehead atoms. The summed E-state index contributed by atoms with van der Waals surface area (Å²) in [5.74, 6) is 0. The molecule has 1 rings (SSSR count). The van der Waals surface area contributed by atoms with Crippen LogP contribution in [0.5, 0.6) is 0 Å².